The van der Waals surface area contributed by atoms with E-state index in [0.29, 0.717) is 6.42 Å². The first-order valence-corrected chi connectivity index (χ1v) is 5.58. The van der Waals surface area contributed by atoms with Gasteiger partial charge in [-0.15, -0.1) is 0 Å². The van der Waals surface area contributed by atoms with E-state index < -0.39 is 0 Å². The Hall–Kier alpha value is -0.570. The van der Waals surface area contributed by atoms with E-state index in [9.17, 15) is 4.79 Å². The summed E-state index contributed by atoms with van der Waals surface area (Å²) in [5.41, 5.74) is 5.61. The van der Waals surface area contributed by atoms with Crippen LogP contribution in [0.5, 0.6) is 0 Å². The Morgan fingerprint density at radius 1 is 1.43 bits per heavy atom. The van der Waals surface area contributed by atoms with Crippen molar-refractivity contribution in [2.75, 3.05) is 0 Å². The molecule has 0 bridgehead atoms. The van der Waals surface area contributed by atoms with Crippen molar-refractivity contribution in [3.8, 4) is 0 Å². The van der Waals surface area contributed by atoms with E-state index in [2.05, 4.69) is 12.2 Å². The molecule has 1 fully saturated rings. The molecular weight excluding hydrogens is 176 g/mol. The minimum atomic E-state index is -0.0396. The van der Waals surface area contributed by atoms with E-state index in [1.54, 1.807) is 0 Å². The van der Waals surface area contributed by atoms with Crippen molar-refractivity contribution < 1.29 is 4.79 Å². The molecule has 0 aliphatic heterocycles. The van der Waals surface area contributed by atoms with Crippen molar-refractivity contribution in [1.82, 2.24) is 5.32 Å². The van der Waals surface area contributed by atoms with E-state index in [1.165, 1.54) is 19.3 Å². The van der Waals surface area contributed by atoms with Gasteiger partial charge in [-0.25, -0.2) is 0 Å². The van der Waals surface area contributed by atoms with Gasteiger partial charge in [0.25, 0.3) is 0 Å². The first-order chi connectivity index (χ1) is 6.52. The van der Waals surface area contributed by atoms with Gasteiger partial charge in [-0.05, 0) is 26.7 Å². The average Bonchev–Trinajstić information content (AvgIpc) is 2.02. The lowest BCUT2D eigenvalue weighted by molar-refractivity contribution is -0.123. The normalized spacial score (nSPS) is 22.8. The second-order valence-corrected chi connectivity index (χ2v) is 4.85. The van der Waals surface area contributed by atoms with Crippen molar-refractivity contribution in [3.63, 3.8) is 0 Å². The Morgan fingerprint density at radius 3 is 2.50 bits per heavy atom. The smallest absolute Gasteiger partial charge is 0.221 e. The number of rotatable bonds is 3. The van der Waals surface area contributed by atoms with Gasteiger partial charge in [0.05, 0.1) is 0 Å². The molecule has 3 nitrogen and oxygen atoms in total. The molecule has 0 radical (unpaired) electrons. The maximum absolute atomic E-state index is 11.5. The molecule has 0 aromatic heterocycles. The Kier molecular flexibility index (Phi) is 3.93. The first kappa shape index (κ1) is 11.5. The van der Waals surface area contributed by atoms with Gasteiger partial charge in [-0.2, -0.15) is 0 Å². The zero-order chi connectivity index (χ0) is 10.6. The monoisotopic (exact) mass is 198 g/mol. The van der Waals surface area contributed by atoms with Gasteiger partial charge in [0.15, 0.2) is 0 Å². The number of nitrogens with two attached hydrogens (primary N) is 1. The van der Waals surface area contributed by atoms with E-state index in [-0.39, 0.29) is 17.5 Å². The highest BCUT2D eigenvalue weighted by Gasteiger charge is 2.28. The van der Waals surface area contributed by atoms with Crippen LogP contribution in [0.15, 0.2) is 0 Å². The molecule has 1 saturated carbocycles. The van der Waals surface area contributed by atoms with E-state index in [4.69, 9.17) is 5.73 Å². The van der Waals surface area contributed by atoms with Crippen LogP contribution in [0.1, 0.15) is 52.4 Å². The van der Waals surface area contributed by atoms with Crippen molar-refractivity contribution >= 4 is 5.91 Å². The SMILES string of the molecule is CC(N)CC(=O)NC1(C)CCCCC1. The number of amides is 1. The summed E-state index contributed by atoms with van der Waals surface area (Å²) in [6, 6.07) is -0.0396. The standard InChI is InChI=1S/C11H22N2O/c1-9(12)8-10(14)13-11(2)6-4-3-5-7-11/h9H,3-8,12H2,1-2H3,(H,13,14). The summed E-state index contributed by atoms with van der Waals surface area (Å²) in [6.07, 6.45) is 6.42. The quantitative estimate of drug-likeness (QED) is 0.723. The lowest BCUT2D eigenvalue weighted by Gasteiger charge is -2.34. The molecule has 0 heterocycles. The second kappa shape index (κ2) is 4.78. The minimum Gasteiger partial charge on any atom is -0.351 e. The van der Waals surface area contributed by atoms with Crippen LogP contribution >= 0.6 is 0 Å². The number of carbonyl (C=O) groups is 1. The van der Waals surface area contributed by atoms with Crippen LogP contribution in [0.4, 0.5) is 0 Å². The van der Waals surface area contributed by atoms with Gasteiger partial charge in [-0.1, -0.05) is 19.3 Å². The fourth-order valence-corrected chi connectivity index (χ4v) is 2.14. The van der Waals surface area contributed by atoms with E-state index in [1.807, 2.05) is 6.92 Å². The van der Waals surface area contributed by atoms with Crippen LogP contribution in [0, 0.1) is 0 Å². The fourth-order valence-electron chi connectivity index (χ4n) is 2.14. The van der Waals surface area contributed by atoms with Gasteiger partial charge in [0, 0.05) is 18.0 Å². The van der Waals surface area contributed by atoms with Crippen LogP contribution in [0.3, 0.4) is 0 Å². The lowest BCUT2D eigenvalue weighted by atomic mass is 9.83. The molecule has 82 valence electrons. The Morgan fingerprint density at radius 2 is 2.00 bits per heavy atom. The molecule has 1 rings (SSSR count). The van der Waals surface area contributed by atoms with Gasteiger partial charge < -0.3 is 11.1 Å². The number of hydrogen-bond donors (Lipinski definition) is 2. The second-order valence-electron chi connectivity index (χ2n) is 4.85. The van der Waals surface area contributed by atoms with Crippen molar-refractivity contribution in [1.29, 1.82) is 0 Å². The summed E-state index contributed by atoms with van der Waals surface area (Å²) in [6.45, 7) is 4.01. The Labute approximate surface area is 86.4 Å². The molecule has 0 spiro atoms. The van der Waals surface area contributed by atoms with Crippen molar-refractivity contribution in [2.45, 2.75) is 64.0 Å². The highest BCUT2D eigenvalue weighted by Crippen LogP contribution is 2.27. The molecule has 1 aliphatic carbocycles. The summed E-state index contributed by atoms with van der Waals surface area (Å²) in [7, 11) is 0. The average molecular weight is 198 g/mol. The van der Waals surface area contributed by atoms with Gasteiger partial charge in [-0.3, -0.25) is 4.79 Å². The minimum absolute atomic E-state index is 0.0320. The Bertz CT molecular complexity index is 195. The van der Waals surface area contributed by atoms with Crippen LogP contribution in [-0.4, -0.2) is 17.5 Å². The predicted molar refractivity (Wildman–Crippen MR) is 57.9 cm³/mol. The number of nitrogens with one attached hydrogen (secondary N) is 1. The number of carbonyl (C=O) groups excluding carboxylic acids is 1. The fraction of sp³-hybridized carbons (Fsp3) is 0.909. The summed E-state index contributed by atoms with van der Waals surface area (Å²) in [4.78, 5) is 11.5. The summed E-state index contributed by atoms with van der Waals surface area (Å²) >= 11 is 0. The molecule has 1 atom stereocenters. The van der Waals surface area contributed by atoms with Crippen molar-refractivity contribution in [2.24, 2.45) is 5.73 Å². The molecule has 0 aromatic carbocycles. The predicted octanol–water partition coefficient (Wildman–Crippen LogP) is 1.56. The molecule has 14 heavy (non-hydrogen) atoms. The lowest BCUT2D eigenvalue weighted by Crippen LogP contribution is -2.48. The van der Waals surface area contributed by atoms with Crippen LogP contribution in [0.2, 0.25) is 0 Å². The zero-order valence-electron chi connectivity index (χ0n) is 9.31. The van der Waals surface area contributed by atoms with E-state index >= 15 is 0 Å². The third kappa shape index (κ3) is 3.66. The molecule has 0 aromatic rings. The largest absolute Gasteiger partial charge is 0.351 e. The van der Waals surface area contributed by atoms with Crippen LogP contribution in [0.25, 0.3) is 0 Å². The van der Waals surface area contributed by atoms with Crippen LogP contribution in [-0.2, 0) is 4.79 Å². The molecule has 1 amide bonds. The molecule has 3 heteroatoms. The third-order valence-corrected chi connectivity index (χ3v) is 2.91. The maximum atomic E-state index is 11.5. The van der Waals surface area contributed by atoms with Gasteiger partial charge in [0.2, 0.25) is 5.91 Å². The third-order valence-electron chi connectivity index (χ3n) is 2.91. The molecule has 1 aliphatic rings. The maximum Gasteiger partial charge on any atom is 0.221 e. The summed E-state index contributed by atoms with van der Waals surface area (Å²) in [5.74, 6) is 0.101. The van der Waals surface area contributed by atoms with Gasteiger partial charge >= 0.3 is 0 Å². The molecular formula is C11H22N2O. The molecule has 3 N–H and O–H groups in total. The summed E-state index contributed by atoms with van der Waals surface area (Å²) in [5, 5.41) is 3.11. The Balaban J connectivity index is 2.37. The summed E-state index contributed by atoms with van der Waals surface area (Å²) < 4.78 is 0. The van der Waals surface area contributed by atoms with E-state index in [0.717, 1.165) is 12.8 Å². The van der Waals surface area contributed by atoms with Crippen molar-refractivity contribution in [3.05, 3.63) is 0 Å². The van der Waals surface area contributed by atoms with Crippen LogP contribution < -0.4 is 11.1 Å². The zero-order valence-corrected chi connectivity index (χ0v) is 9.31. The first-order valence-electron chi connectivity index (χ1n) is 5.58. The highest BCUT2D eigenvalue weighted by atomic mass is 16.1. The van der Waals surface area contributed by atoms with Gasteiger partial charge in [0.1, 0.15) is 0 Å². The topological polar surface area (TPSA) is 55.1 Å². The highest BCUT2D eigenvalue weighted by molar-refractivity contribution is 5.77. The molecule has 0 saturated heterocycles. The number of hydrogen-bond acceptors (Lipinski definition) is 2. The molecule has 1 unspecified atom stereocenters.